The lowest BCUT2D eigenvalue weighted by Gasteiger charge is -2.48. The van der Waals surface area contributed by atoms with Gasteiger partial charge in [-0.3, -0.25) is 0 Å². The van der Waals surface area contributed by atoms with E-state index in [1.807, 2.05) is 0 Å². The molecule has 2 aliphatic rings. The molecule has 2 fully saturated rings. The molecule has 0 spiro atoms. The van der Waals surface area contributed by atoms with E-state index >= 15 is 17.6 Å². The van der Waals surface area contributed by atoms with Gasteiger partial charge in [0.05, 0.1) is 11.1 Å². The van der Waals surface area contributed by atoms with E-state index in [0.717, 1.165) is 24.3 Å². The fraction of sp³-hybridized carbons (Fsp3) is 0.455. The molecule has 2 N–H and O–H groups in total. The summed E-state index contributed by atoms with van der Waals surface area (Å²) in [6, 6.07) is 5.67. The molecule has 4 aromatic carbocycles. The summed E-state index contributed by atoms with van der Waals surface area (Å²) in [5, 5.41) is 2.87. The highest BCUT2D eigenvalue weighted by atomic mass is 19.2. The number of quaternary nitrogens is 1. The van der Waals surface area contributed by atoms with Gasteiger partial charge in [-0.25, -0.2) is 35.1 Å². The van der Waals surface area contributed by atoms with Gasteiger partial charge in [-0.2, -0.15) is 21.9 Å². The Morgan fingerprint density at radius 1 is 0.426 bits per heavy atom. The Labute approximate surface area is 314 Å². The zero-order chi connectivity index (χ0) is 39.6. The molecule has 1 nitrogen and oxygen atoms in total. The van der Waals surface area contributed by atoms with Crippen LogP contribution >= 0.6 is 0 Å². The van der Waals surface area contributed by atoms with Crippen molar-refractivity contribution in [3.05, 3.63) is 117 Å². The number of hydrogen-bond acceptors (Lipinski definition) is 0. The molecule has 6 rings (SSSR count). The molecule has 0 saturated heterocycles. The van der Waals surface area contributed by atoms with Crippen molar-refractivity contribution in [1.82, 2.24) is 0 Å². The van der Waals surface area contributed by atoms with E-state index in [1.54, 1.807) is 0 Å². The van der Waals surface area contributed by atoms with Crippen LogP contribution in [0, 0.1) is 74.2 Å². The molecule has 0 atom stereocenters. The molecule has 0 bridgehead atoms. The first-order chi connectivity index (χ1) is 25.5. The van der Waals surface area contributed by atoms with Crippen molar-refractivity contribution >= 4 is 28.0 Å². The van der Waals surface area contributed by atoms with Gasteiger partial charge in [0.25, 0.3) is 0 Å². The maximum absolute atomic E-state index is 15.0. The minimum atomic E-state index is -3.39. The molecule has 0 aromatic heterocycles. The summed E-state index contributed by atoms with van der Waals surface area (Å²) in [7, 11) is 0. The minimum absolute atomic E-state index is 0.237. The fourth-order valence-electron chi connectivity index (χ4n) is 9.83. The fourth-order valence-corrected chi connectivity index (χ4v) is 9.83. The van der Waals surface area contributed by atoms with Gasteiger partial charge in [0.2, 0.25) is 0 Å². The first-order valence-electron chi connectivity index (χ1n) is 19.4. The topological polar surface area (TPSA) is 16.6 Å². The molecule has 2 aliphatic carbocycles. The van der Waals surface area contributed by atoms with Crippen LogP contribution in [0.5, 0.6) is 0 Å². The molecular formula is C44H52BF8N. The van der Waals surface area contributed by atoms with Gasteiger partial charge < -0.3 is 5.32 Å². The lowest BCUT2D eigenvalue weighted by atomic mass is 9.11. The van der Waals surface area contributed by atoms with Gasteiger partial charge in [-0.1, -0.05) is 51.0 Å². The van der Waals surface area contributed by atoms with Crippen LogP contribution in [0.15, 0.2) is 48.5 Å². The maximum Gasteiger partial charge on any atom is 0.125 e. The van der Waals surface area contributed by atoms with Gasteiger partial charge >= 0.3 is 0 Å². The van der Waals surface area contributed by atoms with E-state index in [-0.39, 0.29) is 44.1 Å². The normalized spacial score (nSPS) is 16.9. The monoisotopic (exact) mass is 757 g/mol. The molecule has 10 heteroatoms. The van der Waals surface area contributed by atoms with E-state index in [4.69, 9.17) is 0 Å². The van der Waals surface area contributed by atoms with Crippen molar-refractivity contribution < 1.29 is 40.4 Å². The van der Waals surface area contributed by atoms with Crippen molar-refractivity contribution in [3.63, 3.8) is 0 Å². The Morgan fingerprint density at radius 2 is 0.667 bits per heavy atom. The van der Waals surface area contributed by atoms with Gasteiger partial charge in [-0.15, -0.1) is 0 Å². The summed E-state index contributed by atoms with van der Waals surface area (Å²) in [6.07, 6.45) is 14.2. The maximum atomic E-state index is 15.0. The highest BCUT2D eigenvalue weighted by molar-refractivity contribution is 7.20. The third kappa shape index (κ3) is 8.01. The Bertz CT molecular complexity index is 1720. The molecular weight excluding hydrogens is 705 g/mol. The van der Waals surface area contributed by atoms with Crippen LogP contribution in [0.1, 0.15) is 113 Å². The van der Waals surface area contributed by atoms with E-state index in [0.29, 0.717) is 35.3 Å². The minimum Gasteiger partial charge on any atom is -0.337 e. The zero-order valence-electron chi connectivity index (χ0n) is 32.3. The quantitative estimate of drug-likeness (QED) is 0.137. The van der Waals surface area contributed by atoms with Crippen molar-refractivity contribution in [2.45, 2.75) is 130 Å². The van der Waals surface area contributed by atoms with Crippen molar-refractivity contribution in [2.24, 2.45) is 0 Å². The van der Waals surface area contributed by atoms with Crippen molar-refractivity contribution in [1.29, 1.82) is 0 Å². The summed E-state index contributed by atoms with van der Waals surface area (Å²) < 4.78 is 119. The second-order valence-corrected chi connectivity index (χ2v) is 16.0. The Balaban J connectivity index is 0.000000274. The van der Waals surface area contributed by atoms with Gasteiger partial charge in [0.1, 0.15) is 52.7 Å². The summed E-state index contributed by atoms with van der Waals surface area (Å²) in [5.41, 5.74) is -0.858. The predicted molar refractivity (Wildman–Crippen MR) is 203 cm³/mol. The molecule has 54 heavy (non-hydrogen) atoms. The smallest absolute Gasteiger partial charge is 0.125 e. The van der Waals surface area contributed by atoms with Crippen LogP contribution in [0.4, 0.5) is 35.1 Å². The van der Waals surface area contributed by atoms with Crippen LogP contribution in [0.2, 0.25) is 0 Å². The van der Waals surface area contributed by atoms with Gasteiger partial charge in [0, 0.05) is 49.9 Å². The molecule has 0 aliphatic heterocycles. The summed E-state index contributed by atoms with van der Waals surface area (Å²) >= 11 is 0. The Morgan fingerprint density at radius 3 is 0.889 bits per heavy atom. The molecule has 0 unspecified atom stereocenters. The highest BCUT2D eigenvalue weighted by Gasteiger charge is 2.44. The van der Waals surface area contributed by atoms with Crippen LogP contribution < -0.4 is 27.2 Å². The summed E-state index contributed by atoms with van der Waals surface area (Å²) in [6.45, 7) is 9.80. The Kier molecular flexibility index (Phi) is 12.8. The zero-order valence-corrected chi connectivity index (χ0v) is 32.3. The van der Waals surface area contributed by atoms with Crippen LogP contribution in [0.25, 0.3) is 0 Å². The van der Waals surface area contributed by atoms with E-state index in [9.17, 15) is 17.6 Å². The van der Waals surface area contributed by atoms with E-state index < -0.39 is 52.7 Å². The lowest BCUT2D eigenvalue weighted by Crippen LogP contribution is -3.06. The molecule has 0 heterocycles. The second-order valence-electron chi connectivity index (χ2n) is 16.0. The number of nitrogens with two attached hydrogens (primary N) is 1. The standard InChI is InChI=1S/C28H20BF8.C16H31N/c1-13-21(5-17(30)9-25(13)34)29(22-6-18(31)10-26(35)14(22)2,23-7-19(32)11-27(36)15(23)3)24-8-20(33)12-28(37)16(24)4;1-3-15(11-7-5-8-12-15)17-16(4-2)13-9-6-10-14-16/h5-12H,1-4H3;17H,3-14H2,1-2H3/q-1;/p+1. The van der Waals surface area contributed by atoms with Crippen molar-refractivity contribution in [2.75, 3.05) is 0 Å². The van der Waals surface area contributed by atoms with Crippen LogP contribution in [-0.4, -0.2) is 17.2 Å². The van der Waals surface area contributed by atoms with Crippen LogP contribution in [-0.2, 0) is 0 Å². The number of halogens is 8. The summed E-state index contributed by atoms with van der Waals surface area (Å²) in [5.74, 6) is -8.71. The third-order valence-corrected chi connectivity index (χ3v) is 13.0. The van der Waals surface area contributed by atoms with E-state index in [2.05, 4.69) is 19.2 Å². The average Bonchev–Trinajstić information content (AvgIpc) is 3.13. The second kappa shape index (κ2) is 16.6. The molecule has 292 valence electrons. The number of hydrogen-bond donors (Lipinski definition) is 1. The van der Waals surface area contributed by atoms with Crippen LogP contribution in [0.3, 0.4) is 0 Å². The average molecular weight is 758 g/mol. The van der Waals surface area contributed by atoms with E-state index in [1.165, 1.54) is 105 Å². The molecule has 0 radical (unpaired) electrons. The first-order valence-corrected chi connectivity index (χ1v) is 19.4. The first kappa shape index (κ1) is 41.5. The van der Waals surface area contributed by atoms with Gasteiger partial charge in [0.15, 0.2) is 0 Å². The summed E-state index contributed by atoms with van der Waals surface area (Å²) in [4.78, 5) is 0. The SMILES string of the molecule is CCC1([NH2+]C2(CC)CCCCC2)CCCCC1.Cc1c(F)cc(F)cc1[B-](c1cc(F)cc(F)c1C)(c1cc(F)cc(F)c1C)c1cc(F)cc(F)c1C. The Hall–Kier alpha value is -3.66. The number of rotatable bonds is 8. The van der Waals surface area contributed by atoms with Crippen molar-refractivity contribution in [3.8, 4) is 0 Å². The van der Waals surface area contributed by atoms with Gasteiger partial charge in [-0.05, 0) is 88.5 Å². The highest BCUT2D eigenvalue weighted by Crippen LogP contribution is 2.33. The largest absolute Gasteiger partial charge is 0.337 e. The third-order valence-electron chi connectivity index (χ3n) is 13.0. The number of benzene rings is 4. The lowest BCUT2D eigenvalue weighted by molar-refractivity contribution is -0.796. The predicted octanol–water partition coefficient (Wildman–Crippen LogP) is 9.19. The molecule has 0 amide bonds. The molecule has 2 saturated carbocycles. The molecule has 4 aromatic rings.